The number of hydrogen-bond acceptors (Lipinski definition) is 5. The number of carbonyl (C=O) groups excluding carboxylic acids is 2. The average molecular weight is 396 g/mol. The number of fused-ring (bicyclic) bond motifs is 1. The smallest absolute Gasteiger partial charge is 0.239 e. The molecule has 3 unspecified atom stereocenters. The first-order valence-electron chi connectivity index (χ1n) is 10.2. The van der Waals surface area contributed by atoms with Crippen molar-refractivity contribution >= 4 is 11.7 Å². The summed E-state index contributed by atoms with van der Waals surface area (Å²) in [5.74, 6) is -0.0491. The van der Waals surface area contributed by atoms with E-state index >= 15 is 0 Å². The highest BCUT2D eigenvalue weighted by atomic mass is 16.2. The van der Waals surface area contributed by atoms with Crippen LogP contribution in [-0.2, 0) is 16.0 Å². The molecule has 29 heavy (non-hydrogen) atoms. The Morgan fingerprint density at radius 1 is 1.21 bits per heavy atom. The first kappa shape index (κ1) is 19.8. The van der Waals surface area contributed by atoms with E-state index in [-0.39, 0.29) is 29.2 Å². The van der Waals surface area contributed by atoms with Gasteiger partial charge < -0.3 is 5.32 Å². The lowest BCUT2D eigenvalue weighted by atomic mass is 9.74. The van der Waals surface area contributed by atoms with Gasteiger partial charge in [0, 0.05) is 5.56 Å². The van der Waals surface area contributed by atoms with Crippen molar-refractivity contribution in [2.45, 2.75) is 65.1 Å². The van der Waals surface area contributed by atoms with Crippen LogP contribution in [0.2, 0.25) is 0 Å². The minimum atomic E-state index is -0.413. The van der Waals surface area contributed by atoms with Gasteiger partial charge in [-0.3, -0.25) is 9.59 Å². The average Bonchev–Trinajstić information content (AvgIpc) is 3.29. The summed E-state index contributed by atoms with van der Waals surface area (Å²) >= 11 is 0. The van der Waals surface area contributed by atoms with Gasteiger partial charge in [0.25, 0.3) is 0 Å². The summed E-state index contributed by atoms with van der Waals surface area (Å²) in [5, 5.41) is 7.88. The monoisotopic (exact) mass is 395 g/mol. The van der Waals surface area contributed by atoms with E-state index in [0.29, 0.717) is 6.42 Å². The van der Waals surface area contributed by atoms with Gasteiger partial charge in [0.15, 0.2) is 0 Å². The van der Waals surface area contributed by atoms with E-state index in [0.717, 1.165) is 29.8 Å². The Morgan fingerprint density at radius 2 is 1.93 bits per heavy atom. The van der Waals surface area contributed by atoms with Crippen LogP contribution in [0.25, 0.3) is 5.69 Å². The van der Waals surface area contributed by atoms with Crippen LogP contribution in [0.4, 0.5) is 0 Å². The molecule has 7 heteroatoms. The number of para-hydroxylation sites is 1. The van der Waals surface area contributed by atoms with Crippen LogP contribution >= 0.6 is 0 Å². The number of Topliss-reactive ketones (excluding diaryl/α,β-unsaturated/α-hetero) is 1. The molecule has 0 radical (unpaired) electrons. The summed E-state index contributed by atoms with van der Waals surface area (Å²) in [4.78, 5) is 24.5. The topological polar surface area (TPSA) is 88.0 Å². The number of carbonyl (C=O) groups is 2. The molecular formula is C22H29N5O2. The van der Waals surface area contributed by atoms with Crippen LogP contribution in [0.5, 0.6) is 0 Å². The van der Waals surface area contributed by atoms with Crippen molar-refractivity contribution < 1.29 is 9.59 Å². The molecule has 3 atom stereocenters. The molecule has 0 saturated carbocycles. The third kappa shape index (κ3) is 3.84. The molecule has 3 N–H and O–H groups in total. The number of nitrogens with zero attached hydrogens (tertiary/aromatic N) is 2. The van der Waals surface area contributed by atoms with Crippen LogP contribution in [-0.4, -0.2) is 33.6 Å². The zero-order chi connectivity index (χ0) is 20.8. The largest absolute Gasteiger partial charge is 0.348 e. The second-order valence-electron chi connectivity index (χ2n) is 9.09. The number of benzene rings is 1. The number of hydrazine groups is 1. The molecule has 4 rings (SSSR count). The molecular weight excluding hydrogens is 366 g/mol. The van der Waals surface area contributed by atoms with E-state index in [1.165, 1.54) is 12.5 Å². The van der Waals surface area contributed by atoms with Gasteiger partial charge in [0.05, 0.1) is 29.7 Å². The summed E-state index contributed by atoms with van der Waals surface area (Å²) in [6.45, 7) is 8.08. The maximum atomic E-state index is 12.9. The van der Waals surface area contributed by atoms with E-state index in [1.54, 1.807) is 0 Å². The lowest BCUT2D eigenvalue weighted by molar-refractivity contribution is -0.123. The van der Waals surface area contributed by atoms with E-state index < -0.39 is 6.04 Å². The second-order valence-corrected chi connectivity index (χ2v) is 9.09. The molecule has 1 saturated heterocycles. The van der Waals surface area contributed by atoms with Gasteiger partial charge in [-0.05, 0) is 50.2 Å². The van der Waals surface area contributed by atoms with Gasteiger partial charge >= 0.3 is 0 Å². The highest BCUT2D eigenvalue weighted by Crippen LogP contribution is 2.41. The fraction of sp³-hybridized carbons (Fsp3) is 0.500. The number of ketones is 1. The predicted molar refractivity (Wildman–Crippen MR) is 110 cm³/mol. The van der Waals surface area contributed by atoms with Crippen LogP contribution < -0.4 is 16.2 Å². The predicted octanol–water partition coefficient (Wildman–Crippen LogP) is 2.13. The van der Waals surface area contributed by atoms with Gasteiger partial charge in [-0.2, -0.15) is 5.10 Å². The number of aryl methyl sites for hydroxylation is 1. The molecule has 1 aromatic heterocycles. The van der Waals surface area contributed by atoms with Gasteiger partial charge in [-0.15, -0.1) is 0 Å². The van der Waals surface area contributed by atoms with Gasteiger partial charge in [0.2, 0.25) is 5.91 Å². The highest BCUT2D eigenvalue weighted by Gasteiger charge is 2.38. The van der Waals surface area contributed by atoms with Gasteiger partial charge in [-0.1, -0.05) is 32.0 Å². The lowest BCUT2D eigenvalue weighted by Crippen LogP contribution is -2.46. The molecule has 1 amide bonds. The standard InChI is InChI=1S/C22H29N5O2/c1-13-7-5-6-8-19(13)27-20-11-22(3,4)10-18(15(20)12-23-27)24-21(29)17-9-16(14(2)28)25-26-17/h5-8,12,16-18,25-26H,9-11H2,1-4H3,(H,24,29). The SMILES string of the molecule is CC(=O)C1CC(C(=O)NC2CC(C)(C)Cc3c2cnn3-c2ccccc2C)NN1. The van der Waals surface area contributed by atoms with E-state index in [9.17, 15) is 9.59 Å². The summed E-state index contributed by atoms with van der Waals surface area (Å²) in [6.07, 6.45) is 4.10. The molecule has 2 aliphatic rings. The molecule has 1 aliphatic heterocycles. The molecule has 1 fully saturated rings. The summed E-state index contributed by atoms with van der Waals surface area (Å²) in [5.41, 5.74) is 10.4. The van der Waals surface area contributed by atoms with Gasteiger partial charge in [-0.25, -0.2) is 15.5 Å². The molecule has 1 aromatic carbocycles. The molecule has 2 aromatic rings. The van der Waals surface area contributed by atoms with Crippen LogP contribution in [0, 0.1) is 12.3 Å². The second kappa shape index (κ2) is 7.39. The minimum Gasteiger partial charge on any atom is -0.348 e. The van der Waals surface area contributed by atoms with Crippen molar-refractivity contribution in [1.82, 2.24) is 25.9 Å². The van der Waals surface area contributed by atoms with Crippen molar-refractivity contribution in [3.05, 3.63) is 47.3 Å². The van der Waals surface area contributed by atoms with E-state index in [2.05, 4.69) is 54.2 Å². The molecule has 0 bridgehead atoms. The maximum Gasteiger partial charge on any atom is 0.239 e. The number of hydrogen-bond donors (Lipinski definition) is 3. The molecule has 1 aliphatic carbocycles. The Hall–Kier alpha value is -2.51. The molecule has 0 spiro atoms. The lowest BCUT2D eigenvalue weighted by Gasteiger charge is -2.36. The molecule has 2 heterocycles. The number of amides is 1. The van der Waals surface area contributed by atoms with E-state index in [1.807, 2.05) is 23.0 Å². The van der Waals surface area contributed by atoms with Crippen LogP contribution in [0.15, 0.2) is 30.5 Å². The Morgan fingerprint density at radius 3 is 2.62 bits per heavy atom. The first-order valence-corrected chi connectivity index (χ1v) is 10.2. The molecule has 154 valence electrons. The van der Waals surface area contributed by atoms with Crippen LogP contribution in [0.1, 0.15) is 56.5 Å². The van der Waals surface area contributed by atoms with Crippen molar-refractivity contribution in [3.8, 4) is 5.69 Å². The third-order valence-electron chi connectivity index (χ3n) is 6.05. The summed E-state index contributed by atoms with van der Waals surface area (Å²) in [7, 11) is 0. The number of nitrogens with one attached hydrogen (secondary N) is 3. The zero-order valence-electron chi connectivity index (χ0n) is 17.5. The quantitative estimate of drug-likeness (QED) is 0.738. The Balaban J connectivity index is 1.60. The number of aromatic nitrogens is 2. The van der Waals surface area contributed by atoms with Crippen molar-refractivity contribution in [1.29, 1.82) is 0 Å². The number of rotatable bonds is 4. The zero-order valence-corrected chi connectivity index (χ0v) is 17.5. The van der Waals surface area contributed by atoms with Gasteiger partial charge in [0.1, 0.15) is 11.8 Å². The first-order chi connectivity index (χ1) is 13.7. The third-order valence-corrected chi connectivity index (χ3v) is 6.05. The Labute approximate surface area is 171 Å². The fourth-order valence-corrected chi connectivity index (χ4v) is 4.45. The van der Waals surface area contributed by atoms with E-state index in [4.69, 9.17) is 0 Å². The summed E-state index contributed by atoms with van der Waals surface area (Å²) < 4.78 is 2.02. The van der Waals surface area contributed by atoms with Crippen LogP contribution in [0.3, 0.4) is 0 Å². The Kier molecular flexibility index (Phi) is 5.04. The molecule has 7 nitrogen and oxygen atoms in total. The normalized spacial score (nSPS) is 25.4. The highest BCUT2D eigenvalue weighted by molar-refractivity contribution is 5.86. The van der Waals surface area contributed by atoms with Crippen molar-refractivity contribution in [2.75, 3.05) is 0 Å². The maximum absolute atomic E-state index is 12.9. The fourth-order valence-electron chi connectivity index (χ4n) is 4.45. The summed E-state index contributed by atoms with van der Waals surface area (Å²) in [6, 6.07) is 7.38. The van der Waals surface area contributed by atoms with Crippen molar-refractivity contribution in [3.63, 3.8) is 0 Å². The minimum absolute atomic E-state index is 0.0355. The Bertz CT molecular complexity index is 948. The van der Waals surface area contributed by atoms with Crippen molar-refractivity contribution in [2.24, 2.45) is 5.41 Å².